The van der Waals surface area contributed by atoms with Gasteiger partial charge in [-0.2, -0.15) is 13.2 Å². The van der Waals surface area contributed by atoms with Crippen molar-refractivity contribution in [2.24, 2.45) is 0 Å². The number of carbonyl (C=O) groups excluding carboxylic acids is 1. The molecule has 3 rings (SSSR count). The summed E-state index contributed by atoms with van der Waals surface area (Å²) in [7, 11) is 0. The number of pyridine rings is 1. The van der Waals surface area contributed by atoms with Crippen molar-refractivity contribution < 1.29 is 27.5 Å². The zero-order valence-corrected chi connectivity index (χ0v) is 19.6. The van der Waals surface area contributed by atoms with Crippen molar-refractivity contribution in [1.29, 1.82) is 0 Å². The van der Waals surface area contributed by atoms with E-state index in [0.717, 1.165) is 17.2 Å². The summed E-state index contributed by atoms with van der Waals surface area (Å²) in [5.41, 5.74) is 6.69. The molecule has 3 aromatic rings. The number of halogens is 4. The number of benzene rings is 2. The van der Waals surface area contributed by atoms with Crippen LogP contribution in [0.3, 0.4) is 0 Å². The highest BCUT2D eigenvalue weighted by Gasteiger charge is 2.31. The fraction of sp³-hybridized carbons (Fsp3) is 0.308. The van der Waals surface area contributed by atoms with Gasteiger partial charge in [0.25, 0.3) is 0 Å². The molecule has 0 spiro atoms. The SMILES string of the molecule is CC(Cc1cccc(CC(=O)NCc2cc(C(F)(F)F)ccc2F)c1)NC[C@H](O)c1ccc(N)nc1. The second-order valence-corrected chi connectivity index (χ2v) is 8.62. The van der Waals surface area contributed by atoms with Crippen LogP contribution in [-0.4, -0.2) is 28.6 Å². The van der Waals surface area contributed by atoms with Crippen LogP contribution in [0.2, 0.25) is 0 Å². The molecule has 2 aromatic carbocycles. The molecule has 0 radical (unpaired) electrons. The van der Waals surface area contributed by atoms with E-state index in [1.165, 1.54) is 6.20 Å². The molecule has 1 unspecified atom stereocenters. The van der Waals surface area contributed by atoms with Crippen molar-refractivity contribution in [2.45, 2.75) is 44.6 Å². The number of amides is 1. The van der Waals surface area contributed by atoms with Gasteiger partial charge in [0.15, 0.2) is 0 Å². The smallest absolute Gasteiger partial charge is 0.387 e. The highest BCUT2D eigenvalue weighted by Crippen LogP contribution is 2.30. The van der Waals surface area contributed by atoms with Crippen LogP contribution in [0.4, 0.5) is 23.4 Å². The molecule has 192 valence electrons. The molecule has 1 amide bonds. The molecule has 1 heterocycles. The minimum atomic E-state index is -4.59. The number of nitrogen functional groups attached to an aromatic ring is 1. The van der Waals surface area contributed by atoms with Crippen LogP contribution in [0.25, 0.3) is 0 Å². The number of anilines is 1. The van der Waals surface area contributed by atoms with E-state index in [0.29, 0.717) is 36.5 Å². The Kier molecular flexibility index (Phi) is 9.00. The molecule has 36 heavy (non-hydrogen) atoms. The maximum atomic E-state index is 13.9. The lowest BCUT2D eigenvalue weighted by molar-refractivity contribution is -0.137. The number of nitrogens with zero attached hydrogens (tertiary/aromatic N) is 1. The number of nitrogens with one attached hydrogen (secondary N) is 2. The Morgan fingerprint density at radius 2 is 1.86 bits per heavy atom. The highest BCUT2D eigenvalue weighted by atomic mass is 19.4. The van der Waals surface area contributed by atoms with E-state index in [4.69, 9.17) is 5.73 Å². The van der Waals surface area contributed by atoms with Gasteiger partial charge in [-0.3, -0.25) is 4.79 Å². The van der Waals surface area contributed by atoms with Gasteiger partial charge in [-0.25, -0.2) is 9.37 Å². The number of carbonyl (C=O) groups is 1. The lowest BCUT2D eigenvalue weighted by atomic mass is 10.0. The van der Waals surface area contributed by atoms with Crippen molar-refractivity contribution >= 4 is 11.7 Å². The Bertz CT molecular complexity index is 1170. The molecule has 5 N–H and O–H groups in total. The average Bonchev–Trinajstić information content (AvgIpc) is 2.82. The van der Waals surface area contributed by atoms with Gasteiger partial charge in [0.05, 0.1) is 18.1 Å². The van der Waals surface area contributed by atoms with Gasteiger partial charge in [0.2, 0.25) is 5.91 Å². The normalized spacial score (nSPS) is 13.3. The number of rotatable bonds is 10. The van der Waals surface area contributed by atoms with Gasteiger partial charge in [-0.05, 0) is 48.7 Å². The van der Waals surface area contributed by atoms with E-state index in [-0.39, 0.29) is 24.6 Å². The van der Waals surface area contributed by atoms with E-state index >= 15 is 0 Å². The van der Waals surface area contributed by atoms with Gasteiger partial charge in [0.1, 0.15) is 11.6 Å². The molecule has 0 aliphatic rings. The zero-order chi connectivity index (χ0) is 26.3. The van der Waals surface area contributed by atoms with Crippen LogP contribution in [0.15, 0.2) is 60.8 Å². The minimum Gasteiger partial charge on any atom is -0.387 e. The Morgan fingerprint density at radius 1 is 1.11 bits per heavy atom. The summed E-state index contributed by atoms with van der Waals surface area (Å²) in [5.74, 6) is -0.872. The maximum Gasteiger partial charge on any atom is 0.416 e. The largest absolute Gasteiger partial charge is 0.416 e. The van der Waals surface area contributed by atoms with Crippen molar-refractivity contribution in [3.05, 3.63) is 94.4 Å². The van der Waals surface area contributed by atoms with E-state index in [2.05, 4.69) is 15.6 Å². The van der Waals surface area contributed by atoms with Gasteiger partial charge >= 0.3 is 6.18 Å². The topological polar surface area (TPSA) is 100 Å². The monoisotopic (exact) mass is 504 g/mol. The molecule has 1 aromatic heterocycles. The number of hydrogen-bond donors (Lipinski definition) is 4. The Hall–Kier alpha value is -3.50. The molecule has 0 bridgehead atoms. The second kappa shape index (κ2) is 12.0. The Balaban J connectivity index is 1.50. The summed E-state index contributed by atoms with van der Waals surface area (Å²) in [6.07, 6.45) is -3.17. The third-order valence-corrected chi connectivity index (χ3v) is 5.60. The lowest BCUT2D eigenvalue weighted by Crippen LogP contribution is -2.32. The maximum absolute atomic E-state index is 13.9. The molecular weight excluding hydrogens is 476 g/mol. The predicted octanol–water partition coefficient (Wildman–Crippen LogP) is 3.93. The highest BCUT2D eigenvalue weighted by molar-refractivity contribution is 5.78. The van der Waals surface area contributed by atoms with Crippen molar-refractivity contribution in [1.82, 2.24) is 15.6 Å². The van der Waals surface area contributed by atoms with Crippen molar-refractivity contribution in [3.63, 3.8) is 0 Å². The predicted molar refractivity (Wildman–Crippen MR) is 128 cm³/mol. The van der Waals surface area contributed by atoms with Crippen LogP contribution in [0.1, 0.15) is 40.8 Å². The Labute approximate surface area is 206 Å². The number of aromatic nitrogens is 1. The first-order valence-corrected chi connectivity index (χ1v) is 11.3. The molecular formula is C26H28F4N4O2. The summed E-state index contributed by atoms with van der Waals surface area (Å²) >= 11 is 0. The first-order valence-electron chi connectivity index (χ1n) is 11.3. The molecule has 0 aliphatic carbocycles. The molecule has 0 fully saturated rings. The fourth-order valence-corrected chi connectivity index (χ4v) is 3.67. The minimum absolute atomic E-state index is 0.000910. The summed E-state index contributed by atoms with van der Waals surface area (Å²) in [6.45, 7) is 1.94. The second-order valence-electron chi connectivity index (χ2n) is 8.62. The third-order valence-electron chi connectivity index (χ3n) is 5.60. The van der Waals surface area contributed by atoms with Crippen LogP contribution >= 0.6 is 0 Å². The molecule has 10 heteroatoms. The van der Waals surface area contributed by atoms with Gasteiger partial charge in [-0.1, -0.05) is 30.3 Å². The number of hydrogen-bond acceptors (Lipinski definition) is 5. The van der Waals surface area contributed by atoms with Crippen molar-refractivity contribution in [3.8, 4) is 0 Å². The van der Waals surface area contributed by atoms with Gasteiger partial charge in [-0.15, -0.1) is 0 Å². The molecule has 6 nitrogen and oxygen atoms in total. The number of aliphatic hydroxyl groups is 1. The summed E-state index contributed by atoms with van der Waals surface area (Å²) in [5, 5.41) is 16.0. The number of aliphatic hydroxyl groups excluding tert-OH is 1. The van der Waals surface area contributed by atoms with Crippen LogP contribution < -0.4 is 16.4 Å². The third kappa shape index (κ3) is 8.03. The first-order chi connectivity index (χ1) is 17.0. The van der Waals surface area contributed by atoms with E-state index in [9.17, 15) is 27.5 Å². The lowest BCUT2D eigenvalue weighted by Gasteiger charge is -2.18. The molecule has 0 saturated carbocycles. The summed E-state index contributed by atoms with van der Waals surface area (Å²) in [4.78, 5) is 16.3. The summed E-state index contributed by atoms with van der Waals surface area (Å²) in [6, 6.07) is 12.8. The Morgan fingerprint density at radius 3 is 2.56 bits per heavy atom. The molecule has 2 atom stereocenters. The van der Waals surface area contributed by atoms with E-state index < -0.39 is 29.6 Å². The van der Waals surface area contributed by atoms with E-state index in [1.807, 2.05) is 25.1 Å². The quantitative estimate of drug-likeness (QED) is 0.314. The van der Waals surface area contributed by atoms with Crippen LogP contribution in [0.5, 0.6) is 0 Å². The number of alkyl halides is 3. The van der Waals surface area contributed by atoms with Crippen molar-refractivity contribution in [2.75, 3.05) is 12.3 Å². The zero-order valence-electron chi connectivity index (χ0n) is 19.6. The van der Waals surface area contributed by atoms with E-state index in [1.54, 1.807) is 18.2 Å². The first kappa shape index (κ1) is 27.1. The van der Waals surface area contributed by atoms with Crippen LogP contribution in [-0.2, 0) is 30.4 Å². The standard InChI is InChI=1S/C26H28F4N4O2/c1-16(32-15-23(35)19-5-8-24(31)33-13-19)9-17-3-2-4-18(10-17)11-25(36)34-14-20-12-21(26(28,29)30)6-7-22(20)27/h2-8,10,12-13,16,23,32,35H,9,11,14-15H2,1H3,(H2,31,33)(H,34,36)/t16?,23-/m0/s1. The fourth-order valence-electron chi connectivity index (χ4n) is 3.67. The number of nitrogens with two attached hydrogens (primary N) is 1. The summed E-state index contributed by atoms with van der Waals surface area (Å²) < 4.78 is 52.5. The van der Waals surface area contributed by atoms with Gasteiger partial charge < -0.3 is 21.5 Å². The van der Waals surface area contributed by atoms with Gasteiger partial charge in [0, 0.05) is 36.5 Å². The average molecular weight is 505 g/mol. The molecule has 0 saturated heterocycles. The van der Waals surface area contributed by atoms with Crippen LogP contribution in [0, 0.1) is 5.82 Å². The molecule has 0 aliphatic heterocycles.